The number of piperidine rings is 1. The molecule has 2 unspecified atom stereocenters. The van der Waals surface area contributed by atoms with Crippen molar-refractivity contribution < 1.29 is 4.79 Å². The van der Waals surface area contributed by atoms with Crippen LogP contribution in [-0.4, -0.2) is 40.5 Å². The van der Waals surface area contributed by atoms with Crippen LogP contribution < -0.4 is 5.32 Å². The van der Waals surface area contributed by atoms with Crippen molar-refractivity contribution in [2.75, 3.05) is 6.54 Å². The number of carbonyl (C=O) groups excluding carboxylic acids is 1. The van der Waals surface area contributed by atoms with Crippen LogP contribution in [0, 0.1) is 0 Å². The first kappa shape index (κ1) is 15.0. The number of nitrogens with zero attached hydrogens (tertiary/aromatic N) is 2. The Hall–Kier alpha value is -0.940. The Morgan fingerprint density at radius 2 is 2.10 bits per heavy atom. The second kappa shape index (κ2) is 6.44. The minimum atomic E-state index is 0.122. The van der Waals surface area contributed by atoms with Gasteiger partial charge in [0, 0.05) is 41.5 Å². The lowest BCUT2D eigenvalue weighted by atomic mass is 9.97. The van der Waals surface area contributed by atoms with Gasteiger partial charge in [0.2, 0.25) is 0 Å². The minimum absolute atomic E-state index is 0.122. The summed E-state index contributed by atoms with van der Waals surface area (Å²) in [6, 6.07) is 3.44. The van der Waals surface area contributed by atoms with Gasteiger partial charge >= 0.3 is 0 Å². The molecular weight excluding hydrogens is 330 g/mol. The predicted molar refractivity (Wildman–Crippen MR) is 86.2 cm³/mol. The number of amides is 1. The van der Waals surface area contributed by atoms with Gasteiger partial charge in [-0.15, -0.1) is 0 Å². The van der Waals surface area contributed by atoms with Crippen LogP contribution in [0.1, 0.15) is 49.4 Å². The third kappa shape index (κ3) is 3.29. The molecule has 2 saturated heterocycles. The van der Waals surface area contributed by atoms with Gasteiger partial charge in [-0.05, 0) is 54.1 Å². The number of hydrogen-bond acceptors (Lipinski definition) is 3. The van der Waals surface area contributed by atoms with Crippen LogP contribution >= 0.6 is 15.9 Å². The number of carbonyl (C=O) groups is 1. The summed E-state index contributed by atoms with van der Waals surface area (Å²) in [5.74, 6) is 0.122. The van der Waals surface area contributed by atoms with E-state index in [1.54, 1.807) is 12.4 Å². The van der Waals surface area contributed by atoms with Crippen molar-refractivity contribution in [1.82, 2.24) is 15.2 Å². The molecule has 114 valence electrons. The molecule has 1 N–H and O–H groups in total. The molecule has 5 heteroatoms. The highest BCUT2D eigenvalue weighted by atomic mass is 79.9. The largest absolute Gasteiger partial charge is 0.336 e. The Labute approximate surface area is 134 Å². The number of pyridine rings is 1. The normalized spacial score (nSPS) is 27.6. The van der Waals surface area contributed by atoms with Gasteiger partial charge in [-0.25, -0.2) is 0 Å². The Balaban J connectivity index is 1.79. The first-order chi connectivity index (χ1) is 10.2. The van der Waals surface area contributed by atoms with Crippen LogP contribution in [0.15, 0.2) is 22.9 Å². The molecule has 0 radical (unpaired) electrons. The molecule has 2 bridgehead atoms. The van der Waals surface area contributed by atoms with E-state index in [0.29, 0.717) is 23.7 Å². The third-order valence-corrected chi connectivity index (χ3v) is 5.00. The molecule has 2 fully saturated rings. The van der Waals surface area contributed by atoms with E-state index in [9.17, 15) is 4.79 Å². The van der Waals surface area contributed by atoms with Crippen LogP contribution in [0.3, 0.4) is 0 Å². The molecule has 0 spiro atoms. The number of rotatable bonds is 4. The topological polar surface area (TPSA) is 45.2 Å². The maximum atomic E-state index is 12.9. The van der Waals surface area contributed by atoms with Gasteiger partial charge in [0.15, 0.2) is 0 Å². The fraction of sp³-hybridized carbons (Fsp3) is 0.625. The van der Waals surface area contributed by atoms with Crippen LogP contribution in [0.4, 0.5) is 0 Å². The summed E-state index contributed by atoms with van der Waals surface area (Å²) in [6.45, 7) is 2.96. The van der Waals surface area contributed by atoms with E-state index >= 15 is 0 Å². The molecule has 2 aliphatic heterocycles. The van der Waals surface area contributed by atoms with E-state index in [4.69, 9.17) is 0 Å². The minimum Gasteiger partial charge on any atom is -0.336 e. The highest BCUT2D eigenvalue weighted by Crippen LogP contribution is 2.30. The first-order valence-corrected chi connectivity index (χ1v) is 8.64. The molecule has 1 aromatic rings. The molecule has 3 heterocycles. The zero-order chi connectivity index (χ0) is 14.8. The monoisotopic (exact) mass is 351 g/mol. The average Bonchev–Trinajstić information content (AvgIpc) is 2.82. The van der Waals surface area contributed by atoms with Crippen molar-refractivity contribution in [1.29, 1.82) is 0 Å². The third-order valence-electron chi connectivity index (χ3n) is 4.57. The first-order valence-electron chi connectivity index (χ1n) is 7.85. The number of halogens is 1. The van der Waals surface area contributed by atoms with Crippen LogP contribution in [0.25, 0.3) is 0 Å². The van der Waals surface area contributed by atoms with Crippen molar-refractivity contribution in [2.45, 2.75) is 57.2 Å². The highest BCUT2D eigenvalue weighted by molar-refractivity contribution is 9.10. The van der Waals surface area contributed by atoms with Gasteiger partial charge in [-0.1, -0.05) is 6.92 Å². The van der Waals surface area contributed by atoms with E-state index in [-0.39, 0.29) is 5.91 Å². The Bertz CT molecular complexity index is 510. The maximum absolute atomic E-state index is 12.9. The summed E-state index contributed by atoms with van der Waals surface area (Å²) in [6.07, 6.45) is 9.07. The second-order valence-corrected chi connectivity index (χ2v) is 7.07. The summed E-state index contributed by atoms with van der Waals surface area (Å²) in [5.41, 5.74) is 0.684. The predicted octanol–water partition coefficient (Wildman–Crippen LogP) is 2.98. The van der Waals surface area contributed by atoms with E-state index in [0.717, 1.165) is 30.3 Å². The van der Waals surface area contributed by atoms with Gasteiger partial charge in [0.25, 0.3) is 5.91 Å². The van der Waals surface area contributed by atoms with Crippen molar-refractivity contribution in [3.63, 3.8) is 0 Å². The Kier molecular flexibility index (Phi) is 4.60. The molecular formula is C16H22BrN3O. The molecule has 2 atom stereocenters. The molecule has 0 aromatic carbocycles. The number of aromatic nitrogens is 1. The van der Waals surface area contributed by atoms with Gasteiger partial charge in [0.1, 0.15) is 0 Å². The smallest absolute Gasteiger partial charge is 0.255 e. The number of nitrogens with one attached hydrogen (secondary N) is 1. The summed E-state index contributed by atoms with van der Waals surface area (Å²) in [4.78, 5) is 19.1. The van der Waals surface area contributed by atoms with Crippen molar-refractivity contribution in [3.05, 3.63) is 28.5 Å². The standard InChI is InChI=1S/C16H22BrN3O/c1-2-5-20(15-7-13-3-4-14(8-15)19-13)16(21)11-6-12(17)10-18-9-11/h6,9-10,13-15,19H,2-5,7-8H2,1H3. The molecule has 1 amide bonds. The average molecular weight is 352 g/mol. The quantitative estimate of drug-likeness (QED) is 0.906. The highest BCUT2D eigenvalue weighted by Gasteiger charge is 2.37. The van der Waals surface area contributed by atoms with Gasteiger partial charge in [-0.3, -0.25) is 9.78 Å². The lowest BCUT2D eigenvalue weighted by molar-refractivity contribution is 0.0616. The van der Waals surface area contributed by atoms with Crippen LogP contribution in [0.5, 0.6) is 0 Å². The molecule has 0 aliphatic carbocycles. The lowest BCUT2D eigenvalue weighted by Crippen LogP contribution is -2.50. The molecule has 2 aliphatic rings. The van der Waals surface area contributed by atoms with Gasteiger partial charge in [0.05, 0.1) is 5.56 Å². The Morgan fingerprint density at radius 3 is 2.71 bits per heavy atom. The van der Waals surface area contributed by atoms with E-state index < -0.39 is 0 Å². The van der Waals surface area contributed by atoms with E-state index in [2.05, 4.69) is 38.1 Å². The zero-order valence-corrected chi connectivity index (χ0v) is 14.0. The molecule has 1 aromatic heterocycles. The number of fused-ring (bicyclic) bond motifs is 2. The molecule has 0 saturated carbocycles. The summed E-state index contributed by atoms with van der Waals surface area (Å²) >= 11 is 3.40. The van der Waals surface area contributed by atoms with Gasteiger partial charge in [-0.2, -0.15) is 0 Å². The summed E-state index contributed by atoms with van der Waals surface area (Å²) < 4.78 is 0.857. The van der Waals surface area contributed by atoms with Crippen molar-refractivity contribution in [3.8, 4) is 0 Å². The van der Waals surface area contributed by atoms with Crippen molar-refractivity contribution >= 4 is 21.8 Å². The molecule has 4 nitrogen and oxygen atoms in total. The lowest BCUT2D eigenvalue weighted by Gasteiger charge is -2.37. The van der Waals surface area contributed by atoms with E-state index in [1.165, 1.54) is 12.8 Å². The molecule has 3 rings (SSSR count). The van der Waals surface area contributed by atoms with Gasteiger partial charge < -0.3 is 10.2 Å². The van der Waals surface area contributed by atoms with E-state index in [1.807, 2.05) is 6.07 Å². The summed E-state index contributed by atoms with van der Waals surface area (Å²) in [7, 11) is 0. The fourth-order valence-electron chi connectivity index (χ4n) is 3.67. The fourth-order valence-corrected chi connectivity index (χ4v) is 4.03. The SMILES string of the molecule is CCCN(C(=O)c1cncc(Br)c1)C1CC2CCC(C1)N2. The second-order valence-electron chi connectivity index (χ2n) is 6.15. The summed E-state index contributed by atoms with van der Waals surface area (Å²) in [5, 5.41) is 3.65. The molecule has 21 heavy (non-hydrogen) atoms. The maximum Gasteiger partial charge on any atom is 0.255 e. The Morgan fingerprint density at radius 1 is 1.38 bits per heavy atom. The van der Waals surface area contributed by atoms with Crippen LogP contribution in [-0.2, 0) is 0 Å². The zero-order valence-electron chi connectivity index (χ0n) is 12.4. The van der Waals surface area contributed by atoms with Crippen LogP contribution in [0.2, 0.25) is 0 Å². The number of hydrogen-bond donors (Lipinski definition) is 1. The van der Waals surface area contributed by atoms with Crippen molar-refractivity contribution in [2.24, 2.45) is 0 Å².